The molecule has 0 bridgehead atoms. The number of ether oxygens (including phenoxy) is 3. The van der Waals surface area contributed by atoms with Crippen LogP contribution >= 0.6 is 11.3 Å². The summed E-state index contributed by atoms with van der Waals surface area (Å²) in [6.45, 7) is 10.2. The van der Waals surface area contributed by atoms with Crippen LogP contribution in [0.1, 0.15) is 74.8 Å². The summed E-state index contributed by atoms with van der Waals surface area (Å²) in [5.74, 6) is -0.781. The number of fused-ring (bicyclic) bond motifs is 3. The summed E-state index contributed by atoms with van der Waals surface area (Å²) in [6, 6.07) is 17.0. The van der Waals surface area contributed by atoms with E-state index in [0.717, 1.165) is 43.9 Å². The van der Waals surface area contributed by atoms with Crippen molar-refractivity contribution in [3.05, 3.63) is 101 Å². The average molecular weight is 916 g/mol. The molecule has 0 unspecified atom stereocenters. The first kappa shape index (κ1) is 47.6. The largest absolute Gasteiger partial charge is 0.490 e. The maximum absolute atomic E-state index is 14.0. The Bertz CT molecular complexity index is 2390. The van der Waals surface area contributed by atoms with Gasteiger partial charge in [-0.15, -0.1) is 11.3 Å². The number of aryl methyl sites for hydroxylation is 1. The molecule has 3 amide bonds. The Hall–Kier alpha value is -5.33. The normalized spacial score (nSPS) is 19.4. The van der Waals surface area contributed by atoms with Gasteiger partial charge in [0.15, 0.2) is 0 Å². The molecule has 0 aliphatic carbocycles. The van der Waals surface area contributed by atoms with Crippen molar-refractivity contribution in [2.45, 2.75) is 97.1 Å². The molecule has 0 radical (unpaired) electrons. The summed E-state index contributed by atoms with van der Waals surface area (Å²) >= 11 is 1.57. The van der Waals surface area contributed by atoms with Crippen LogP contribution in [-0.2, 0) is 36.8 Å². The predicted octanol–water partition coefficient (Wildman–Crippen LogP) is 6.21. The Labute approximate surface area is 382 Å². The van der Waals surface area contributed by atoms with Gasteiger partial charge >= 0.3 is 0 Å². The number of amides is 3. The van der Waals surface area contributed by atoms with E-state index in [1.165, 1.54) is 4.90 Å². The maximum Gasteiger partial charge on any atom is 0.251 e. The monoisotopic (exact) mass is 915 g/mol. The van der Waals surface area contributed by atoms with Crippen LogP contribution in [-0.4, -0.2) is 124 Å². The number of aromatic amines is 1. The molecule has 17 heteroatoms. The lowest BCUT2D eigenvalue weighted by atomic mass is 9.85. The minimum absolute atomic E-state index is 0.0234. The first-order valence-electron chi connectivity index (χ1n) is 22.1. The highest BCUT2D eigenvalue weighted by atomic mass is 32.1. The van der Waals surface area contributed by atoms with E-state index in [9.17, 15) is 28.3 Å². The second kappa shape index (κ2) is 21.3. The highest BCUT2D eigenvalue weighted by Crippen LogP contribution is 2.40. The van der Waals surface area contributed by atoms with Gasteiger partial charge < -0.3 is 39.8 Å². The number of thiazole rings is 1. The van der Waals surface area contributed by atoms with Crippen LogP contribution in [0.25, 0.3) is 21.3 Å². The molecule has 348 valence electrons. The van der Waals surface area contributed by atoms with Gasteiger partial charge in [-0.05, 0) is 67.0 Å². The van der Waals surface area contributed by atoms with Crippen LogP contribution in [0.15, 0.2) is 72.4 Å². The summed E-state index contributed by atoms with van der Waals surface area (Å²) < 4.78 is 44.7. The van der Waals surface area contributed by atoms with E-state index in [0.29, 0.717) is 37.5 Å². The fourth-order valence-corrected chi connectivity index (χ4v) is 9.45. The number of aromatic nitrogens is 3. The highest BCUT2D eigenvalue weighted by Gasteiger charge is 2.44. The van der Waals surface area contributed by atoms with Crippen LogP contribution < -0.4 is 15.4 Å². The fourth-order valence-electron chi connectivity index (χ4n) is 8.64. The number of alkyl halides is 2. The standard InChI is InChI=1S/C48H59F2N7O7S/c1-29-21-36-35-9-6-7-10-37(35)54-42(36)43(56(29)26-40(49)50)38-16-15-34(24-51-38)64-20-19-62-17-8-18-63-27-41(59)55-45(48(3,4)5)47(61)57-25-33(58)22-39(57)46(60)52-23-31-11-13-32(14-12-31)44-30(2)53-28-65-44/h6-7,9-16,24,28-29,33,39-40,43,45,54,58H,8,17-23,25-27H2,1-5H3,(H,52,60)(H,55,59)/t29-,33-,39+,43-,45-/m1/s1. The Morgan fingerprint density at radius 2 is 1.77 bits per heavy atom. The molecular weight excluding hydrogens is 857 g/mol. The molecule has 0 spiro atoms. The third-order valence-electron chi connectivity index (χ3n) is 11.9. The van der Waals surface area contributed by atoms with Crippen molar-refractivity contribution in [3.63, 3.8) is 0 Å². The van der Waals surface area contributed by atoms with Crippen LogP contribution in [0.3, 0.4) is 0 Å². The lowest BCUT2D eigenvalue weighted by molar-refractivity contribution is -0.144. The number of hydrogen-bond donors (Lipinski definition) is 4. The Morgan fingerprint density at radius 3 is 2.48 bits per heavy atom. The molecule has 7 rings (SSSR count). The number of rotatable bonds is 19. The van der Waals surface area contributed by atoms with Crippen molar-refractivity contribution in [2.75, 3.05) is 46.1 Å². The van der Waals surface area contributed by atoms with E-state index in [-0.39, 0.29) is 57.8 Å². The number of para-hydroxylation sites is 1. The number of nitrogens with one attached hydrogen (secondary N) is 3. The molecule has 1 saturated heterocycles. The molecule has 65 heavy (non-hydrogen) atoms. The second-order valence-corrected chi connectivity index (χ2v) is 18.7. The molecule has 5 atom stereocenters. The van der Waals surface area contributed by atoms with Gasteiger partial charge in [-0.3, -0.25) is 24.3 Å². The molecular formula is C48H59F2N7O7S. The predicted molar refractivity (Wildman–Crippen MR) is 244 cm³/mol. The average Bonchev–Trinajstić information content (AvgIpc) is 4.00. The fraction of sp³-hybridized carbons (Fsp3) is 0.479. The van der Waals surface area contributed by atoms with Crippen molar-refractivity contribution >= 4 is 40.0 Å². The lowest BCUT2D eigenvalue weighted by Gasteiger charge is -2.40. The molecule has 0 saturated carbocycles. The first-order valence-corrected chi connectivity index (χ1v) is 23.0. The highest BCUT2D eigenvalue weighted by molar-refractivity contribution is 7.13. The minimum Gasteiger partial charge on any atom is -0.490 e. The van der Waals surface area contributed by atoms with Gasteiger partial charge in [-0.2, -0.15) is 0 Å². The molecule has 2 aromatic carbocycles. The van der Waals surface area contributed by atoms with Crippen LogP contribution in [0.2, 0.25) is 0 Å². The van der Waals surface area contributed by atoms with Crippen molar-refractivity contribution in [1.82, 2.24) is 35.4 Å². The number of aliphatic hydroxyl groups is 1. The first-order chi connectivity index (χ1) is 31.2. The zero-order chi connectivity index (χ0) is 46.3. The summed E-state index contributed by atoms with van der Waals surface area (Å²) in [7, 11) is 0. The van der Waals surface area contributed by atoms with E-state index in [1.807, 2.05) is 93.6 Å². The quantitative estimate of drug-likeness (QED) is 0.0699. The van der Waals surface area contributed by atoms with Crippen molar-refractivity contribution in [1.29, 1.82) is 0 Å². The van der Waals surface area contributed by atoms with E-state index in [1.54, 1.807) is 23.6 Å². The molecule has 1 fully saturated rings. The third-order valence-corrected chi connectivity index (χ3v) is 12.9. The van der Waals surface area contributed by atoms with Gasteiger partial charge in [0.25, 0.3) is 6.43 Å². The number of nitrogens with zero attached hydrogens (tertiary/aromatic N) is 4. The number of likely N-dealkylation sites (tertiary alicyclic amines) is 1. The zero-order valence-corrected chi connectivity index (χ0v) is 38.3. The van der Waals surface area contributed by atoms with Crippen LogP contribution in [0.4, 0.5) is 8.78 Å². The summed E-state index contributed by atoms with van der Waals surface area (Å²) in [5, 5.41) is 17.4. The summed E-state index contributed by atoms with van der Waals surface area (Å²) in [6.07, 6.45) is -0.504. The number of β-amino-alcohol motifs (C(OH)–C–C–N with tert-alkyl or cyclic N) is 1. The second-order valence-electron chi connectivity index (χ2n) is 17.8. The number of pyridine rings is 1. The van der Waals surface area contributed by atoms with Gasteiger partial charge in [0, 0.05) is 55.4 Å². The molecule has 2 aliphatic heterocycles. The van der Waals surface area contributed by atoms with Crippen molar-refractivity contribution in [3.8, 4) is 16.2 Å². The topological polar surface area (TPSA) is 171 Å². The Kier molecular flexibility index (Phi) is 15.6. The molecule has 3 aromatic heterocycles. The number of hydrogen-bond acceptors (Lipinski definition) is 11. The number of aliphatic hydroxyl groups excluding tert-OH is 1. The molecule has 4 N–H and O–H groups in total. The smallest absolute Gasteiger partial charge is 0.251 e. The van der Waals surface area contributed by atoms with Crippen LogP contribution in [0, 0.1) is 12.3 Å². The number of carbonyl (C=O) groups is 3. The van der Waals surface area contributed by atoms with Gasteiger partial charge in [0.05, 0.1) is 53.3 Å². The van der Waals surface area contributed by atoms with Crippen molar-refractivity contribution < 1.29 is 42.5 Å². The molecule has 14 nitrogen and oxygen atoms in total. The molecule has 2 aliphatic rings. The maximum atomic E-state index is 14.0. The Morgan fingerprint density at radius 1 is 1.00 bits per heavy atom. The van der Waals surface area contributed by atoms with E-state index >= 15 is 0 Å². The summed E-state index contributed by atoms with van der Waals surface area (Å²) in [4.78, 5) is 57.1. The lowest BCUT2D eigenvalue weighted by Crippen LogP contribution is -2.58. The third kappa shape index (κ3) is 11.7. The number of benzene rings is 2. The number of H-pyrrole nitrogens is 1. The number of halogens is 2. The van der Waals surface area contributed by atoms with Gasteiger partial charge in [0.1, 0.15) is 31.0 Å². The number of carbonyl (C=O) groups excluding carboxylic acids is 3. The van der Waals surface area contributed by atoms with E-state index in [2.05, 4.69) is 31.7 Å². The van der Waals surface area contributed by atoms with Gasteiger partial charge in [-0.1, -0.05) is 63.2 Å². The Balaban J connectivity index is 0.816. The molecule has 5 aromatic rings. The summed E-state index contributed by atoms with van der Waals surface area (Å²) in [5.41, 5.74) is 7.64. The SMILES string of the molecule is Cc1ncsc1-c1ccc(CNC(=O)[C@@H]2C[C@@H](O)CN2C(=O)[C@@H](NC(=O)COCCCOCCOc2ccc([C@@H]3c4[nH]c5ccccc5c4C[C@@H](C)N3CC(F)F)nc2)C(C)(C)C)cc1. The molecule has 5 heterocycles. The van der Waals surface area contributed by atoms with E-state index < -0.39 is 47.9 Å². The van der Waals surface area contributed by atoms with Crippen molar-refractivity contribution in [2.24, 2.45) is 5.41 Å². The minimum atomic E-state index is -2.49. The van der Waals surface area contributed by atoms with Gasteiger partial charge in [0.2, 0.25) is 17.7 Å². The van der Waals surface area contributed by atoms with Gasteiger partial charge in [-0.25, -0.2) is 13.8 Å². The van der Waals surface area contributed by atoms with E-state index in [4.69, 9.17) is 14.2 Å². The zero-order valence-electron chi connectivity index (χ0n) is 37.5. The van der Waals surface area contributed by atoms with Crippen LogP contribution in [0.5, 0.6) is 5.75 Å².